The number of pyridine rings is 1. The molecule has 0 atom stereocenters. The second-order valence-electron chi connectivity index (χ2n) is 5.40. The van der Waals surface area contributed by atoms with Crippen molar-refractivity contribution in [2.75, 3.05) is 0 Å². The third-order valence-corrected chi connectivity index (χ3v) is 3.72. The van der Waals surface area contributed by atoms with Crippen molar-refractivity contribution in [3.63, 3.8) is 0 Å². The van der Waals surface area contributed by atoms with Gasteiger partial charge in [0.1, 0.15) is 18.4 Å². The van der Waals surface area contributed by atoms with Crippen molar-refractivity contribution in [1.29, 1.82) is 5.26 Å². The van der Waals surface area contributed by atoms with Gasteiger partial charge in [-0.1, -0.05) is 30.3 Å². The van der Waals surface area contributed by atoms with Crippen LogP contribution in [0.25, 0.3) is 16.6 Å². The maximum Gasteiger partial charge on any atom is 0.151 e. The van der Waals surface area contributed by atoms with Crippen LogP contribution >= 0.6 is 0 Å². The number of hydrogen-bond donors (Lipinski definition) is 3. The number of para-hydroxylation sites is 1. The number of benzene rings is 2. The third-order valence-electron chi connectivity index (χ3n) is 3.72. The molecule has 0 amide bonds. The Morgan fingerprint density at radius 1 is 1.16 bits per heavy atom. The summed E-state index contributed by atoms with van der Waals surface area (Å²) in [6, 6.07) is 19.1. The molecule has 3 aromatic rings. The van der Waals surface area contributed by atoms with Gasteiger partial charge in [-0.25, -0.2) is 5.84 Å². The lowest BCUT2D eigenvalue weighted by Crippen LogP contribution is -2.23. The molecule has 0 aliphatic rings. The van der Waals surface area contributed by atoms with Gasteiger partial charge in [-0.3, -0.25) is 4.98 Å². The maximum atomic E-state index is 9.00. The number of nitrogens with zero attached hydrogens (tertiary/aromatic N) is 2. The summed E-state index contributed by atoms with van der Waals surface area (Å²) in [5.41, 5.74) is 11.2. The molecule has 0 unspecified atom stereocenters. The fraction of sp³-hybridized carbons (Fsp3) is 0.0526. The minimum absolute atomic E-state index is 0.107. The predicted molar refractivity (Wildman–Crippen MR) is 96.6 cm³/mol. The number of nitrogens with one attached hydrogen (secondary N) is 1. The monoisotopic (exact) mass is 331 g/mol. The first-order valence-electron chi connectivity index (χ1n) is 7.64. The molecule has 0 aliphatic heterocycles. The predicted octanol–water partition coefficient (Wildman–Crippen LogP) is 2.43. The smallest absolute Gasteiger partial charge is 0.151 e. The van der Waals surface area contributed by atoms with E-state index in [4.69, 9.17) is 21.6 Å². The van der Waals surface area contributed by atoms with Crippen molar-refractivity contribution in [2.24, 2.45) is 11.6 Å². The molecule has 0 saturated heterocycles. The Hall–Kier alpha value is -3.56. The first-order chi connectivity index (χ1) is 12.2. The zero-order valence-corrected chi connectivity index (χ0v) is 13.4. The van der Waals surface area contributed by atoms with E-state index in [1.807, 2.05) is 48.5 Å². The number of nitrogens with two attached hydrogens (primary N) is 2. The number of aromatic nitrogens is 1. The highest BCUT2D eigenvalue weighted by Gasteiger charge is 2.06. The standard InChI is InChI=1S/C19H17N5O/c20-10-18(24-22)19(21)15-5-3-6-16(9-15)25-12-13-8-14-4-1-2-7-17(14)23-11-13/h1-9,11,24H,12,21-22H2/b19-18-. The number of hydrazine groups is 1. The van der Waals surface area contributed by atoms with Crippen LogP contribution in [0.1, 0.15) is 11.1 Å². The summed E-state index contributed by atoms with van der Waals surface area (Å²) in [6.45, 7) is 0.380. The number of fused-ring (bicyclic) bond motifs is 1. The van der Waals surface area contributed by atoms with Gasteiger partial charge < -0.3 is 15.9 Å². The second-order valence-corrected chi connectivity index (χ2v) is 5.40. The first-order valence-corrected chi connectivity index (χ1v) is 7.64. The first kappa shape index (κ1) is 16.3. The molecule has 0 aliphatic carbocycles. The molecule has 0 bridgehead atoms. The van der Waals surface area contributed by atoms with Crippen molar-refractivity contribution in [2.45, 2.75) is 6.61 Å². The van der Waals surface area contributed by atoms with E-state index < -0.39 is 0 Å². The van der Waals surface area contributed by atoms with E-state index in [1.54, 1.807) is 18.3 Å². The van der Waals surface area contributed by atoms with Crippen molar-refractivity contribution in [3.05, 3.63) is 77.6 Å². The van der Waals surface area contributed by atoms with Crippen LogP contribution in [0.2, 0.25) is 0 Å². The molecule has 1 heterocycles. The Morgan fingerprint density at radius 2 is 2.00 bits per heavy atom. The molecule has 2 aromatic carbocycles. The Balaban J connectivity index is 1.78. The van der Waals surface area contributed by atoms with Gasteiger partial charge in [-0.15, -0.1) is 0 Å². The molecule has 6 heteroatoms. The summed E-state index contributed by atoms with van der Waals surface area (Å²) >= 11 is 0. The zero-order valence-electron chi connectivity index (χ0n) is 13.4. The Bertz CT molecular complexity index is 975. The van der Waals surface area contributed by atoms with Crippen molar-refractivity contribution >= 4 is 16.6 Å². The third kappa shape index (κ3) is 3.68. The molecular formula is C19H17N5O. The Kier molecular flexibility index (Phi) is 4.79. The molecular weight excluding hydrogens is 314 g/mol. The number of nitriles is 1. The van der Waals surface area contributed by atoms with Gasteiger partial charge in [-0.05, 0) is 24.3 Å². The molecule has 25 heavy (non-hydrogen) atoms. The fourth-order valence-corrected chi connectivity index (χ4v) is 2.43. The Morgan fingerprint density at radius 3 is 2.80 bits per heavy atom. The van der Waals surface area contributed by atoms with E-state index in [1.165, 1.54) is 0 Å². The summed E-state index contributed by atoms with van der Waals surface area (Å²) in [5.74, 6) is 5.93. The molecule has 5 N–H and O–H groups in total. The van der Waals surface area contributed by atoms with Crippen LogP contribution in [0.4, 0.5) is 0 Å². The lowest BCUT2D eigenvalue weighted by molar-refractivity contribution is 0.306. The van der Waals surface area contributed by atoms with Crippen LogP contribution in [0.5, 0.6) is 5.75 Å². The zero-order chi connectivity index (χ0) is 17.6. The van der Waals surface area contributed by atoms with Crippen molar-refractivity contribution in [1.82, 2.24) is 10.4 Å². The van der Waals surface area contributed by atoms with E-state index in [0.29, 0.717) is 17.9 Å². The van der Waals surface area contributed by atoms with Gasteiger partial charge in [0, 0.05) is 22.7 Å². The second kappa shape index (κ2) is 7.34. The highest BCUT2D eigenvalue weighted by atomic mass is 16.5. The molecule has 124 valence electrons. The quantitative estimate of drug-likeness (QED) is 0.376. The van der Waals surface area contributed by atoms with E-state index >= 15 is 0 Å². The summed E-state index contributed by atoms with van der Waals surface area (Å²) in [7, 11) is 0. The SMILES string of the molecule is N#C/C(NN)=C(/N)c1cccc(OCc2cnc3ccccc3c2)c1. The Labute approximate surface area is 145 Å². The van der Waals surface area contributed by atoms with Crippen LogP contribution in [-0.4, -0.2) is 4.98 Å². The van der Waals surface area contributed by atoms with Gasteiger partial charge in [0.25, 0.3) is 0 Å². The summed E-state index contributed by atoms with van der Waals surface area (Å²) in [6.07, 6.45) is 1.80. The highest BCUT2D eigenvalue weighted by Crippen LogP contribution is 2.20. The minimum Gasteiger partial charge on any atom is -0.489 e. The number of allylic oxidation sites excluding steroid dienone is 1. The molecule has 0 radical (unpaired) electrons. The van der Waals surface area contributed by atoms with Gasteiger partial charge in [0.2, 0.25) is 0 Å². The van der Waals surface area contributed by atoms with Crippen LogP contribution in [-0.2, 0) is 6.61 Å². The van der Waals surface area contributed by atoms with Gasteiger partial charge in [-0.2, -0.15) is 5.26 Å². The lowest BCUT2D eigenvalue weighted by Gasteiger charge is -2.10. The van der Waals surface area contributed by atoms with Crippen LogP contribution in [0.3, 0.4) is 0 Å². The molecule has 3 rings (SSSR count). The van der Waals surface area contributed by atoms with E-state index in [0.717, 1.165) is 16.5 Å². The summed E-state index contributed by atoms with van der Waals surface area (Å²) in [5, 5.41) is 10.1. The largest absolute Gasteiger partial charge is 0.489 e. The van der Waals surface area contributed by atoms with Crippen molar-refractivity contribution in [3.8, 4) is 11.8 Å². The van der Waals surface area contributed by atoms with Crippen molar-refractivity contribution < 1.29 is 4.74 Å². The fourth-order valence-electron chi connectivity index (χ4n) is 2.43. The van der Waals surface area contributed by atoms with Gasteiger partial charge in [0.15, 0.2) is 5.70 Å². The number of ether oxygens (including phenoxy) is 1. The highest BCUT2D eigenvalue weighted by molar-refractivity contribution is 5.78. The van der Waals surface area contributed by atoms with Crippen LogP contribution < -0.4 is 21.7 Å². The molecule has 0 fully saturated rings. The van der Waals surface area contributed by atoms with E-state index in [9.17, 15) is 0 Å². The van der Waals surface area contributed by atoms with E-state index in [-0.39, 0.29) is 11.4 Å². The van der Waals surface area contributed by atoms with Gasteiger partial charge in [0.05, 0.1) is 11.2 Å². The van der Waals surface area contributed by atoms with Gasteiger partial charge >= 0.3 is 0 Å². The topological polar surface area (TPSA) is 110 Å². The lowest BCUT2D eigenvalue weighted by atomic mass is 10.1. The average molecular weight is 331 g/mol. The molecule has 6 nitrogen and oxygen atoms in total. The number of hydrogen-bond acceptors (Lipinski definition) is 6. The summed E-state index contributed by atoms with van der Waals surface area (Å²) < 4.78 is 5.83. The molecule has 0 saturated carbocycles. The van der Waals surface area contributed by atoms with Crippen LogP contribution in [0.15, 0.2) is 66.5 Å². The maximum absolute atomic E-state index is 9.00. The summed E-state index contributed by atoms with van der Waals surface area (Å²) in [4.78, 5) is 4.42. The van der Waals surface area contributed by atoms with E-state index in [2.05, 4.69) is 10.4 Å². The average Bonchev–Trinajstić information content (AvgIpc) is 2.67. The van der Waals surface area contributed by atoms with Crippen LogP contribution in [0, 0.1) is 11.3 Å². The molecule has 1 aromatic heterocycles. The number of rotatable bonds is 5. The normalized spacial score (nSPS) is 11.5. The molecule has 0 spiro atoms. The minimum atomic E-state index is 0.107.